The van der Waals surface area contributed by atoms with Crippen LogP contribution in [0.4, 0.5) is 17.1 Å². The average molecular weight is 354 g/mol. The molecule has 8 nitrogen and oxygen atoms in total. The fourth-order valence-corrected chi connectivity index (χ4v) is 2.27. The molecule has 0 aliphatic heterocycles. The zero-order valence-corrected chi connectivity index (χ0v) is 14.6. The zero-order chi connectivity index (χ0) is 19.3. The van der Waals surface area contributed by atoms with E-state index in [-0.39, 0.29) is 11.4 Å². The van der Waals surface area contributed by atoms with Crippen molar-refractivity contribution in [3.8, 4) is 0 Å². The van der Waals surface area contributed by atoms with Gasteiger partial charge in [0.15, 0.2) is 0 Å². The highest BCUT2D eigenvalue weighted by Crippen LogP contribution is 2.29. The van der Waals surface area contributed by atoms with Crippen LogP contribution in [0.5, 0.6) is 0 Å². The Kier molecular flexibility index (Phi) is 5.79. The van der Waals surface area contributed by atoms with Gasteiger partial charge in [-0.3, -0.25) is 25.7 Å². The van der Waals surface area contributed by atoms with Crippen LogP contribution >= 0.6 is 0 Å². The van der Waals surface area contributed by atoms with Crippen LogP contribution in [0, 0.1) is 27.2 Å². The van der Waals surface area contributed by atoms with E-state index in [1.165, 1.54) is 17.7 Å². The lowest BCUT2D eigenvalue weighted by Crippen LogP contribution is -2.00. The number of benzene rings is 2. The number of hydrazone groups is 1. The average Bonchev–Trinajstić information content (AvgIpc) is 2.60. The van der Waals surface area contributed by atoms with Gasteiger partial charge in [-0.25, -0.2) is 0 Å². The van der Waals surface area contributed by atoms with Crippen molar-refractivity contribution in [2.45, 2.75) is 20.8 Å². The standard InChI is InChI=1S/C18H18N4O4/c1-12-4-6-15(7-5-12)13(2)10-14(3)19-20-17-9-8-16(21(23)24)11-18(17)22(25)26/h4-11,20H,1-3H3/b13-10+,19-14?. The predicted molar refractivity (Wildman–Crippen MR) is 101 cm³/mol. The first kappa shape index (κ1) is 18.8. The van der Waals surface area contributed by atoms with Crippen LogP contribution in [0.2, 0.25) is 0 Å². The van der Waals surface area contributed by atoms with E-state index in [2.05, 4.69) is 10.5 Å². The molecule has 0 atom stereocenters. The van der Waals surface area contributed by atoms with Crippen LogP contribution in [0.25, 0.3) is 5.57 Å². The molecule has 2 aromatic rings. The van der Waals surface area contributed by atoms with Gasteiger partial charge in [-0.15, -0.1) is 0 Å². The number of nitrogens with zero attached hydrogens (tertiary/aromatic N) is 3. The van der Waals surface area contributed by atoms with Crippen molar-refractivity contribution in [2.24, 2.45) is 5.10 Å². The normalized spacial score (nSPS) is 12.0. The van der Waals surface area contributed by atoms with Crippen molar-refractivity contribution in [1.82, 2.24) is 0 Å². The Labute approximate surface area is 150 Å². The Hall–Kier alpha value is -3.55. The van der Waals surface area contributed by atoms with Crippen molar-refractivity contribution >= 4 is 28.3 Å². The number of hydrogen-bond donors (Lipinski definition) is 1. The van der Waals surface area contributed by atoms with Crippen molar-refractivity contribution in [3.05, 3.63) is 79.9 Å². The Morgan fingerprint density at radius 1 is 1.04 bits per heavy atom. The summed E-state index contributed by atoms with van der Waals surface area (Å²) in [7, 11) is 0. The lowest BCUT2D eigenvalue weighted by molar-refractivity contribution is -0.393. The molecule has 1 N–H and O–H groups in total. The van der Waals surface area contributed by atoms with E-state index in [1.807, 2.05) is 44.2 Å². The number of nitrogens with one attached hydrogen (secondary N) is 1. The van der Waals surface area contributed by atoms with Crippen LogP contribution in [0.1, 0.15) is 25.0 Å². The second kappa shape index (κ2) is 8.02. The first-order chi connectivity index (χ1) is 12.3. The molecule has 0 unspecified atom stereocenters. The maximum Gasteiger partial charge on any atom is 0.301 e. The van der Waals surface area contributed by atoms with E-state index < -0.39 is 15.5 Å². The quantitative estimate of drug-likeness (QED) is 0.459. The topological polar surface area (TPSA) is 111 Å². The van der Waals surface area contributed by atoms with E-state index in [4.69, 9.17) is 0 Å². The van der Waals surface area contributed by atoms with E-state index >= 15 is 0 Å². The summed E-state index contributed by atoms with van der Waals surface area (Å²) < 4.78 is 0. The van der Waals surface area contributed by atoms with Gasteiger partial charge in [-0.2, -0.15) is 5.10 Å². The first-order valence-corrected chi connectivity index (χ1v) is 7.76. The maximum absolute atomic E-state index is 11.1. The summed E-state index contributed by atoms with van der Waals surface area (Å²) >= 11 is 0. The number of non-ortho nitro benzene ring substituents is 1. The second-order valence-electron chi connectivity index (χ2n) is 5.77. The molecule has 0 bridgehead atoms. The van der Waals surface area contributed by atoms with Gasteiger partial charge in [0.05, 0.1) is 21.6 Å². The van der Waals surface area contributed by atoms with Crippen LogP contribution < -0.4 is 5.43 Å². The number of rotatable bonds is 6. The summed E-state index contributed by atoms with van der Waals surface area (Å²) in [6.45, 7) is 5.70. The Bertz CT molecular complexity index is 902. The molecule has 2 rings (SSSR count). The molecule has 0 heterocycles. The number of nitro groups is 2. The molecular formula is C18H18N4O4. The fraction of sp³-hybridized carbons (Fsp3) is 0.167. The minimum Gasteiger partial charge on any atom is -0.271 e. The van der Waals surface area contributed by atoms with Gasteiger partial charge in [0.25, 0.3) is 5.69 Å². The van der Waals surface area contributed by atoms with Gasteiger partial charge >= 0.3 is 5.69 Å². The molecule has 0 radical (unpaired) electrons. The van der Waals surface area contributed by atoms with E-state index in [1.54, 1.807) is 6.92 Å². The van der Waals surface area contributed by atoms with Crippen molar-refractivity contribution in [3.63, 3.8) is 0 Å². The van der Waals surface area contributed by atoms with Gasteiger partial charge < -0.3 is 0 Å². The van der Waals surface area contributed by atoms with E-state index in [0.29, 0.717) is 5.71 Å². The number of allylic oxidation sites excluding steroid dienone is 2. The molecule has 0 aliphatic carbocycles. The Balaban J connectivity index is 2.22. The summed E-state index contributed by atoms with van der Waals surface area (Å²) in [5.74, 6) is 0. The lowest BCUT2D eigenvalue weighted by atomic mass is 10.0. The highest BCUT2D eigenvalue weighted by atomic mass is 16.6. The van der Waals surface area contributed by atoms with Crippen LogP contribution in [-0.4, -0.2) is 15.6 Å². The molecule has 0 amide bonds. The van der Waals surface area contributed by atoms with Gasteiger partial charge in [0.1, 0.15) is 5.69 Å². The summed E-state index contributed by atoms with van der Waals surface area (Å²) in [5, 5.41) is 26.0. The van der Waals surface area contributed by atoms with E-state index in [9.17, 15) is 20.2 Å². The molecule has 0 aliphatic rings. The van der Waals surface area contributed by atoms with Crippen LogP contribution in [-0.2, 0) is 0 Å². The highest BCUT2D eigenvalue weighted by Gasteiger charge is 2.19. The molecule has 0 saturated carbocycles. The minimum absolute atomic E-state index is 0.0846. The zero-order valence-electron chi connectivity index (χ0n) is 14.6. The molecule has 26 heavy (non-hydrogen) atoms. The molecular weight excluding hydrogens is 336 g/mol. The SMILES string of the molecule is CC(/C=C(\C)c1ccc(C)cc1)=NNc1ccc([N+](=O)[O-])cc1[N+](=O)[O-]. The molecule has 8 heteroatoms. The second-order valence-corrected chi connectivity index (χ2v) is 5.77. The van der Waals surface area contributed by atoms with Crippen molar-refractivity contribution in [2.75, 3.05) is 5.43 Å². The van der Waals surface area contributed by atoms with Gasteiger partial charge in [-0.05, 0) is 44.1 Å². The summed E-state index contributed by atoms with van der Waals surface area (Å²) in [6, 6.07) is 11.4. The number of hydrogen-bond acceptors (Lipinski definition) is 6. The molecule has 2 aromatic carbocycles. The lowest BCUT2D eigenvalue weighted by Gasteiger charge is -2.04. The summed E-state index contributed by atoms with van der Waals surface area (Å²) in [5.41, 5.74) is 5.75. The summed E-state index contributed by atoms with van der Waals surface area (Å²) in [6.07, 6.45) is 1.84. The molecule has 0 spiro atoms. The maximum atomic E-state index is 11.1. The predicted octanol–water partition coefficient (Wildman–Crippen LogP) is 4.70. The molecule has 134 valence electrons. The van der Waals surface area contributed by atoms with Crippen molar-refractivity contribution < 1.29 is 9.85 Å². The minimum atomic E-state index is -0.687. The molecule has 0 fully saturated rings. The Morgan fingerprint density at radius 3 is 2.27 bits per heavy atom. The first-order valence-electron chi connectivity index (χ1n) is 7.76. The van der Waals surface area contributed by atoms with Gasteiger partial charge in [-0.1, -0.05) is 29.8 Å². The van der Waals surface area contributed by atoms with Crippen LogP contribution in [0.15, 0.2) is 53.6 Å². The third-order valence-corrected chi connectivity index (χ3v) is 3.67. The monoisotopic (exact) mass is 354 g/mol. The molecule has 0 saturated heterocycles. The van der Waals surface area contributed by atoms with Crippen LogP contribution in [0.3, 0.4) is 0 Å². The number of nitro benzene ring substituents is 2. The van der Waals surface area contributed by atoms with Crippen molar-refractivity contribution in [1.29, 1.82) is 0 Å². The number of aryl methyl sites for hydroxylation is 1. The number of anilines is 1. The van der Waals surface area contributed by atoms with Gasteiger partial charge in [0, 0.05) is 6.07 Å². The third kappa shape index (κ3) is 4.73. The highest BCUT2D eigenvalue weighted by molar-refractivity contribution is 5.99. The third-order valence-electron chi connectivity index (χ3n) is 3.67. The summed E-state index contributed by atoms with van der Waals surface area (Å²) in [4.78, 5) is 20.5. The Morgan fingerprint density at radius 2 is 1.69 bits per heavy atom. The van der Waals surface area contributed by atoms with Gasteiger partial charge in [0.2, 0.25) is 0 Å². The molecule has 0 aromatic heterocycles. The smallest absolute Gasteiger partial charge is 0.271 e. The fourth-order valence-electron chi connectivity index (χ4n) is 2.27. The largest absolute Gasteiger partial charge is 0.301 e. The van der Waals surface area contributed by atoms with E-state index in [0.717, 1.165) is 17.2 Å².